The fourth-order valence-corrected chi connectivity index (χ4v) is 2.88. The maximum absolute atomic E-state index is 12.5. The maximum atomic E-state index is 12.5. The Balaban J connectivity index is 1.86. The molecule has 0 bridgehead atoms. The van der Waals surface area contributed by atoms with Gasteiger partial charge in [0.1, 0.15) is 5.51 Å². The molecule has 8 heteroatoms. The molecule has 0 unspecified atom stereocenters. The van der Waals surface area contributed by atoms with Crippen LogP contribution in [0.3, 0.4) is 0 Å². The van der Waals surface area contributed by atoms with E-state index in [4.69, 9.17) is 0 Å². The van der Waals surface area contributed by atoms with Gasteiger partial charge >= 0.3 is 0 Å². The van der Waals surface area contributed by atoms with E-state index >= 15 is 0 Å². The van der Waals surface area contributed by atoms with E-state index in [2.05, 4.69) is 10.1 Å². The summed E-state index contributed by atoms with van der Waals surface area (Å²) in [4.78, 5) is 31.6. The summed E-state index contributed by atoms with van der Waals surface area (Å²) in [6, 6.07) is 0. The standard InChI is InChI=1S/C11H13N5O2S/c1-8-9(16-11(13-8)19-6-12-16)10(18)15-4-2-14(7-17)3-5-15/h6-7H,2-5H2,1H3. The van der Waals surface area contributed by atoms with Crippen LogP contribution in [0.2, 0.25) is 0 Å². The van der Waals surface area contributed by atoms with Crippen LogP contribution in [-0.2, 0) is 4.79 Å². The monoisotopic (exact) mass is 279 g/mol. The summed E-state index contributed by atoms with van der Waals surface area (Å²) in [5.41, 5.74) is 2.89. The molecule has 1 fully saturated rings. The number of aryl methyl sites for hydroxylation is 1. The van der Waals surface area contributed by atoms with Crippen LogP contribution in [0, 0.1) is 6.92 Å². The summed E-state index contributed by atoms with van der Waals surface area (Å²) >= 11 is 1.41. The van der Waals surface area contributed by atoms with Gasteiger partial charge in [0.25, 0.3) is 5.91 Å². The molecule has 0 aromatic carbocycles. The molecule has 7 nitrogen and oxygen atoms in total. The van der Waals surface area contributed by atoms with Gasteiger partial charge in [-0.1, -0.05) is 11.3 Å². The Morgan fingerprint density at radius 1 is 1.37 bits per heavy atom. The zero-order valence-electron chi connectivity index (χ0n) is 10.4. The first-order valence-electron chi connectivity index (χ1n) is 5.98. The van der Waals surface area contributed by atoms with Gasteiger partial charge in [0.05, 0.1) is 5.69 Å². The Bertz CT molecular complexity index is 626. The zero-order chi connectivity index (χ0) is 13.4. The van der Waals surface area contributed by atoms with Gasteiger partial charge in [-0.15, -0.1) is 0 Å². The Labute approximate surface area is 113 Å². The molecule has 2 amide bonds. The number of hydrogen-bond acceptors (Lipinski definition) is 5. The first kappa shape index (κ1) is 12.1. The minimum absolute atomic E-state index is 0.0681. The quantitative estimate of drug-likeness (QED) is 0.726. The average Bonchev–Trinajstić information content (AvgIpc) is 2.98. The van der Waals surface area contributed by atoms with Gasteiger partial charge in [-0.05, 0) is 6.92 Å². The van der Waals surface area contributed by atoms with Crippen LogP contribution < -0.4 is 0 Å². The molecule has 0 aliphatic carbocycles. The van der Waals surface area contributed by atoms with Crippen molar-refractivity contribution in [1.29, 1.82) is 0 Å². The summed E-state index contributed by atoms with van der Waals surface area (Å²) < 4.78 is 1.59. The van der Waals surface area contributed by atoms with Crippen LogP contribution >= 0.6 is 11.3 Å². The number of fused-ring (bicyclic) bond motifs is 1. The van der Waals surface area contributed by atoms with E-state index in [1.54, 1.807) is 19.8 Å². The summed E-state index contributed by atoms with van der Waals surface area (Å²) in [6.07, 6.45) is 0.824. The van der Waals surface area contributed by atoms with Crippen molar-refractivity contribution in [2.45, 2.75) is 6.92 Å². The lowest BCUT2D eigenvalue weighted by atomic mass is 10.2. The number of nitrogens with zero attached hydrogens (tertiary/aromatic N) is 5. The lowest BCUT2D eigenvalue weighted by Gasteiger charge is -2.32. The van der Waals surface area contributed by atoms with Gasteiger partial charge in [-0.25, -0.2) is 4.98 Å². The summed E-state index contributed by atoms with van der Waals surface area (Å²) in [7, 11) is 0. The normalized spacial score (nSPS) is 16.1. The molecule has 0 spiro atoms. The molecule has 100 valence electrons. The minimum atomic E-state index is -0.0681. The number of piperazine rings is 1. The third kappa shape index (κ3) is 1.97. The highest BCUT2D eigenvalue weighted by molar-refractivity contribution is 7.14. The van der Waals surface area contributed by atoms with Crippen molar-refractivity contribution in [2.75, 3.05) is 26.2 Å². The Kier molecular flexibility index (Phi) is 2.94. The van der Waals surface area contributed by atoms with E-state index < -0.39 is 0 Å². The number of aromatic nitrogens is 3. The Hall–Kier alpha value is -1.96. The zero-order valence-corrected chi connectivity index (χ0v) is 11.3. The van der Waals surface area contributed by atoms with Crippen molar-refractivity contribution in [3.8, 4) is 0 Å². The van der Waals surface area contributed by atoms with Crippen LogP contribution in [0.25, 0.3) is 4.96 Å². The van der Waals surface area contributed by atoms with E-state index in [1.165, 1.54) is 11.3 Å². The number of imidazole rings is 1. The third-order valence-corrected chi connectivity index (χ3v) is 3.95. The van der Waals surface area contributed by atoms with Crippen molar-refractivity contribution in [3.63, 3.8) is 0 Å². The molecule has 2 aromatic rings. The van der Waals surface area contributed by atoms with Crippen LogP contribution in [0.1, 0.15) is 16.2 Å². The molecule has 0 N–H and O–H groups in total. The lowest BCUT2D eigenvalue weighted by molar-refractivity contribution is -0.119. The number of amides is 2. The molecule has 2 aromatic heterocycles. The van der Waals surface area contributed by atoms with Crippen LogP contribution in [-0.4, -0.2) is 62.9 Å². The van der Waals surface area contributed by atoms with Crippen LogP contribution in [0.5, 0.6) is 0 Å². The number of carbonyl (C=O) groups is 2. The molecule has 0 saturated carbocycles. The molecule has 3 heterocycles. The topological polar surface area (TPSA) is 70.8 Å². The maximum Gasteiger partial charge on any atom is 0.274 e. The molecular weight excluding hydrogens is 266 g/mol. The highest BCUT2D eigenvalue weighted by Crippen LogP contribution is 2.17. The molecule has 1 saturated heterocycles. The first-order chi connectivity index (χ1) is 9.20. The van der Waals surface area contributed by atoms with E-state index in [9.17, 15) is 9.59 Å². The van der Waals surface area contributed by atoms with Gasteiger partial charge in [0.2, 0.25) is 11.4 Å². The van der Waals surface area contributed by atoms with Gasteiger partial charge < -0.3 is 9.80 Å². The Morgan fingerprint density at radius 3 is 2.79 bits per heavy atom. The van der Waals surface area contributed by atoms with Gasteiger partial charge in [-0.3, -0.25) is 9.59 Å². The molecule has 19 heavy (non-hydrogen) atoms. The fraction of sp³-hybridized carbons (Fsp3) is 0.455. The van der Waals surface area contributed by atoms with Crippen LogP contribution in [0.4, 0.5) is 0 Å². The van der Waals surface area contributed by atoms with E-state index in [1.807, 2.05) is 6.92 Å². The van der Waals surface area contributed by atoms with Crippen LogP contribution in [0.15, 0.2) is 5.51 Å². The largest absolute Gasteiger partial charge is 0.342 e. The van der Waals surface area contributed by atoms with Gasteiger partial charge in [-0.2, -0.15) is 9.61 Å². The summed E-state index contributed by atoms with van der Waals surface area (Å²) in [5.74, 6) is -0.0681. The fourth-order valence-electron chi connectivity index (χ4n) is 2.22. The molecule has 1 aliphatic heterocycles. The third-order valence-electron chi connectivity index (χ3n) is 3.27. The molecular formula is C11H13N5O2S. The van der Waals surface area contributed by atoms with E-state index in [0.717, 1.165) is 11.4 Å². The predicted molar refractivity (Wildman–Crippen MR) is 69.1 cm³/mol. The summed E-state index contributed by atoms with van der Waals surface area (Å²) in [6.45, 7) is 4.07. The predicted octanol–water partition coefficient (Wildman–Crippen LogP) is 0.0134. The second-order valence-electron chi connectivity index (χ2n) is 4.41. The van der Waals surface area contributed by atoms with E-state index in [-0.39, 0.29) is 5.91 Å². The van der Waals surface area contributed by atoms with Gasteiger partial charge in [0.15, 0.2) is 5.69 Å². The lowest BCUT2D eigenvalue weighted by Crippen LogP contribution is -2.48. The SMILES string of the molecule is Cc1nc2scnn2c1C(=O)N1CCN(C=O)CC1. The summed E-state index contributed by atoms with van der Waals surface area (Å²) in [5, 5.41) is 4.15. The van der Waals surface area contributed by atoms with Crippen molar-refractivity contribution in [3.05, 3.63) is 16.9 Å². The number of hydrogen-bond donors (Lipinski definition) is 0. The number of carbonyl (C=O) groups excluding carboxylic acids is 2. The molecule has 3 rings (SSSR count). The number of rotatable bonds is 2. The van der Waals surface area contributed by atoms with Crippen molar-refractivity contribution in [1.82, 2.24) is 24.4 Å². The molecule has 0 radical (unpaired) electrons. The molecule has 1 aliphatic rings. The van der Waals surface area contributed by atoms with Crippen molar-refractivity contribution in [2.24, 2.45) is 0 Å². The first-order valence-corrected chi connectivity index (χ1v) is 6.86. The highest BCUT2D eigenvalue weighted by atomic mass is 32.1. The highest BCUT2D eigenvalue weighted by Gasteiger charge is 2.26. The molecule has 0 atom stereocenters. The van der Waals surface area contributed by atoms with Crippen molar-refractivity contribution < 1.29 is 9.59 Å². The smallest absolute Gasteiger partial charge is 0.274 e. The van der Waals surface area contributed by atoms with E-state index in [0.29, 0.717) is 37.6 Å². The second kappa shape index (κ2) is 4.61. The Morgan fingerprint density at radius 2 is 2.11 bits per heavy atom. The minimum Gasteiger partial charge on any atom is -0.342 e. The average molecular weight is 279 g/mol. The van der Waals surface area contributed by atoms with Gasteiger partial charge in [0, 0.05) is 26.2 Å². The second-order valence-corrected chi connectivity index (χ2v) is 5.22. The van der Waals surface area contributed by atoms with Crippen molar-refractivity contribution >= 4 is 28.6 Å².